The Balaban J connectivity index is 1.58. The van der Waals surface area contributed by atoms with E-state index in [-0.39, 0.29) is 33.4 Å². The van der Waals surface area contributed by atoms with Gasteiger partial charge in [0, 0.05) is 22.9 Å². The van der Waals surface area contributed by atoms with Crippen LogP contribution in [0.5, 0.6) is 5.75 Å². The van der Waals surface area contributed by atoms with E-state index in [2.05, 4.69) is 5.32 Å². The molecule has 0 amide bonds. The number of hydrogen-bond donors (Lipinski definition) is 1. The van der Waals surface area contributed by atoms with Gasteiger partial charge in [0.1, 0.15) is 16.5 Å². The highest BCUT2D eigenvalue weighted by atomic mass is 35.5. The van der Waals surface area contributed by atoms with Crippen molar-refractivity contribution in [2.45, 2.75) is 0 Å². The lowest BCUT2D eigenvalue weighted by Crippen LogP contribution is -2.24. The number of anilines is 1. The van der Waals surface area contributed by atoms with E-state index >= 15 is 0 Å². The number of ketones is 2. The molecule has 0 atom stereocenters. The minimum absolute atomic E-state index is 0.0121. The van der Waals surface area contributed by atoms with Gasteiger partial charge in [-0.25, -0.2) is 4.79 Å². The maximum atomic E-state index is 12.8. The van der Waals surface area contributed by atoms with Crippen molar-refractivity contribution < 1.29 is 19.1 Å². The molecule has 3 aromatic rings. The summed E-state index contributed by atoms with van der Waals surface area (Å²) in [5.74, 6) is -1.01. The van der Waals surface area contributed by atoms with Gasteiger partial charge in [-0.3, -0.25) is 9.59 Å². The maximum absolute atomic E-state index is 12.8. The number of allylic oxidation sites excluding steroid dienone is 2. The Morgan fingerprint density at radius 1 is 0.793 bits per heavy atom. The Hall–Kier alpha value is -3.70. The Kier molecular flexibility index (Phi) is 4.97. The molecule has 4 rings (SSSR count). The van der Waals surface area contributed by atoms with Crippen molar-refractivity contribution in [3.05, 3.63) is 106 Å². The van der Waals surface area contributed by atoms with E-state index in [1.165, 1.54) is 0 Å². The SMILES string of the molecule is O=C(Oc1cccc(NC2=C(Cl)C(=O)c3ccccc3C2=O)c1)c1ccccc1. The van der Waals surface area contributed by atoms with E-state index in [9.17, 15) is 14.4 Å². The fourth-order valence-corrected chi connectivity index (χ4v) is 3.21. The number of carbonyl (C=O) groups is 3. The highest BCUT2D eigenvalue weighted by Crippen LogP contribution is 2.30. The number of rotatable bonds is 4. The van der Waals surface area contributed by atoms with Crippen LogP contribution in [0.25, 0.3) is 0 Å². The van der Waals surface area contributed by atoms with Gasteiger partial charge in [0.05, 0.1) is 5.56 Å². The molecule has 1 aliphatic carbocycles. The molecule has 0 fully saturated rings. The first-order valence-corrected chi connectivity index (χ1v) is 9.15. The van der Waals surface area contributed by atoms with Crippen LogP contribution in [0.3, 0.4) is 0 Å². The van der Waals surface area contributed by atoms with E-state index in [1.54, 1.807) is 78.9 Å². The van der Waals surface area contributed by atoms with Gasteiger partial charge in [0.15, 0.2) is 0 Å². The molecule has 0 radical (unpaired) electrons. The summed E-state index contributed by atoms with van der Waals surface area (Å²) in [6.45, 7) is 0. The second kappa shape index (κ2) is 7.73. The van der Waals surface area contributed by atoms with E-state index in [0.717, 1.165) is 0 Å². The van der Waals surface area contributed by atoms with Crippen molar-refractivity contribution in [3.63, 3.8) is 0 Å². The molecule has 6 heteroatoms. The van der Waals surface area contributed by atoms with Crippen molar-refractivity contribution in [1.82, 2.24) is 0 Å². The Morgan fingerprint density at radius 3 is 2.17 bits per heavy atom. The molecular weight excluding hydrogens is 390 g/mol. The lowest BCUT2D eigenvalue weighted by Gasteiger charge is -2.19. The fourth-order valence-electron chi connectivity index (χ4n) is 2.98. The highest BCUT2D eigenvalue weighted by molar-refractivity contribution is 6.50. The molecule has 0 aromatic heterocycles. The van der Waals surface area contributed by atoms with Crippen LogP contribution < -0.4 is 10.1 Å². The van der Waals surface area contributed by atoms with E-state index in [4.69, 9.17) is 16.3 Å². The number of Topliss-reactive ketones (excluding diaryl/α,β-unsaturated/α-hetero) is 2. The monoisotopic (exact) mass is 403 g/mol. The number of esters is 1. The molecule has 0 spiro atoms. The first kappa shape index (κ1) is 18.7. The smallest absolute Gasteiger partial charge is 0.343 e. The minimum atomic E-state index is -0.502. The van der Waals surface area contributed by atoms with Crippen molar-refractivity contribution in [3.8, 4) is 5.75 Å². The van der Waals surface area contributed by atoms with Crippen LogP contribution in [-0.4, -0.2) is 17.5 Å². The lowest BCUT2D eigenvalue weighted by molar-refractivity contribution is 0.0734. The molecule has 0 aliphatic heterocycles. The summed E-state index contributed by atoms with van der Waals surface area (Å²) < 4.78 is 5.38. The molecular formula is C23H14ClNO4. The summed E-state index contributed by atoms with van der Waals surface area (Å²) in [7, 11) is 0. The van der Waals surface area contributed by atoms with Crippen molar-refractivity contribution in [1.29, 1.82) is 0 Å². The molecule has 3 aromatic carbocycles. The third-order valence-electron chi connectivity index (χ3n) is 4.39. The van der Waals surface area contributed by atoms with Crippen molar-refractivity contribution in [2.75, 3.05) is 5.32 Å². The summed E-state index contributed by atoms with van der Waals surface area (Å²) >= 11 is 6.17. The molecule has 0 unspecified atom stereocenters. The van der Waals surface area contributed by atoms with Gasteiger partial charge in [-0.05, 0) is 24.3 Å². The summed E-state index contributed by atoms with van der Waals surface area (Å²) in [4.78, 5) is 37.5. The maximum Gasteiger partial charge on any atom is 0.343 e. The number of hydrogen-bond acceptors (Lipinski definition) is 5. The molecule has 142 valence electrons. The average molecular weight is 404 g/mol. The molecule has 0 saturated carbocycles. The molecule has 1 N–H and O–H groups in total. The number of benzene rings is 3. The van der Waals surface area contributed by atoms with Gasteiger partial charge in [-0.1, -0.05) is 60.1 Å². The second-order valence-electron chi connectivity index (χ2n) is 6.30. The van der Waals surface area contributed by atoms with Crippen molar-refractivity contribution in [2.24, 2.45) is 0 Å². The van der Waals surface area contributed by atoms with Gasteiger partial charge in [0.25, 0.3) is 0 Å². The molecule has 0 saturated heterocycles. The molecule has 1 aliphatic rings. The molecule has 5 nitrogen and oxygen atoms in total. The zero-order chi connectivity index (χ0) is 20.4. The van der Waals surface area contributed by atoms with Crippen molar-refractivity contribution >= 4 is 34.8 Å². The van der Waals surface area contributed by atoms with Gasteiger partial charge in [-0.2, -0.15) is 0 Å². The van der Waals surface area contributed by atoms with Crippen LogP contribution >= 0.6 is 11.6 Å². The largest absolute Gasteiger partial charge is 0.423 e. The van der Waals surface area contributed by atoms with Crippen LogP contribution in [0.1, 0.15) is 31.1 Å². The standard InChI is InChI=1S/C23H14ClNO4/c24-19-20(22(27)18-12-5-4-11-17(18)21(19)26)25-15-9-6-10-16(13-15)29-23(28)14-7-2-1-3-8-14/h1-13,25H. The third kappa shape index (κ3) is 3.68. The third-order valence-corrected chi connectivity index (χ3v) is 4.75. The number of ether oxygens (including phenoxy) is 1. The normalized spacial score (nSPS) is 13.1. The molecule has 0 bridgehead atoms. The molecule has 29 heavy (non-hydrogen) atoms. The van der Waals surface area contributed by atoms with Crippen LogP contribution in [0.4, 0.5) is 5.69 Å². The van der Waals surface area contributed by atoms with E-state index in [1.807, 2.05) is 0 Å². The lowest BCUT2D eigenvalue weighted by atomic mass is 9.92. The first-order chi connectivity index (χ1) is 14.0. The van der Waals surface area contributed by atoms with Gasteiger partial charge >= 0.3 is 5.97 Å². The Bertz CT molecular complexity index is 1170. The van der Waals surface area contributed by atoms with E-state index in [0.29, 0.717) is 11.3 Å². The predicted octanol–water partition coefficient (Wildman–Crippen LogP) is 4.85. The van der Waals surface area contributed by atoms with Gasteiger partial charge in [-0.15, -0.1) is 0 Å². The van der Waals surface area contributed by atoms with Crippen LogP contribution in [0, 0.1) is 0 Å². The first-order valence-electron chi connectivity index (χ1n) is 8.77. The minimum Gasteiger partial charge on any atom is -0.423 e. The summed E-state index contributed by atoms with van der Waals surface area (Å²) in [5.41, 5.74) is 1.43. The zero-order valence-electron chi connectivity index (χ0n) is 15.0. The number of halogens is 1. The highest BCUT2D eigenvalue weighted by Gasteiger charge is 2.31. The van der Waals surface area contributed by atoms with Crippen LogP contribution in [-0.2, 0) is 0 Å². The number of carbonyl (C=O) groups excluding carboxylic acids is 3. The summed E-state index contributed by atoms with van der Waals surface area (Å²) in [5, 5.41) is 2.71. The van der Waals surface area contributed by atoms with Gasteiger partial charge < -0.3 is 10.1 Å². The second-order valence-corrected chi connectivity index (χ2v) is 6.68. The summed E-state index contributed by atoms with van der Waals surface area (Å²) in [6, 6.07) is 21.6. The van der Waals surface area contributed by atoms with Gasteiger partial charge in [0.2, 0.25) is 11.6 Å². The zero-order valence-corrected chi connectivity index (χ0v) is 15.8. The average Bonchev–Trinajstić information content (AvgIpc) is 2.76. The Labute approximate surface area is 171 Å². The van der Waals surface area contributed by atoms with Crippen LogP contribution in [0.2, 0.25) is 0 Å². The topological polar surface area (TPSA) is 72.5 Å². The van der Waals surface area contributed by atoms with E-state index < -0.39 is 11.8 Å². The Morgan fingerprint density at radius 2 is 1.45 bits per heavy atom. The number of nitrogens with one attached hydrogen (secondary N) is 1. The molecule has 0 heterocycles. The summed E-state index contributed by atoms with van der Waals surface area (Å²) in [6.07, 6.45) is 0. The quantitative estimate of drug-likeness (QED) is 0.498. The predicted molar refractivity (Wildman–Crippen MR) is 109 cm³/mol. The van der Waals surface area contributed by atoms with Crippen LogP contribution in [0.15, 0.2) is 89.6 Å². The number of fused-ring (bicyclic) bond motifs is 1. The fraction of sp³-hybridized carbons (Fsp3) is 0.